The summed E-state index contributed by atoms with van der Waals surface area (Å²) in [5, 5.41) is 3.89. The lowest BCUT2D eigenvalue weighted by atomic mass is 10.1. The monoisotopic (exact) mass is 336 g/mol. The molecule has 0 aliphatic heterocycles. The number of rotatable bonds is 5. The van der Waals surface area contributed by atoms with E-state index in [0.29, 0.717) is 12.1 Å². The maximum Gasteiger partial charge on any atom is 0.251 e. The Kier molecular flexibility index (Phi) is 5.06. The van der Waals surface area contributed by atoms with Crippen molar-refractivity contribution >= 4 is 17.2 Å². The highest BCUT2D eigenvalue weighted by Gasteiger charge is 2.10. The summed E-state index contributed by atoms with van der Waals surface area (Å²) in [4.78, 5) is 18.0. The number of aryl methyl sites for hydroxylation is 2. The lowest BCUT2D eigenvalue weighted by Crippen LogP contribution is -2.22. The van der Waals surface area contributed by atoms with Gasteiger partial charge in [0.25, 0.3) is 5.91 Å². The van der Waals surface area contributed by atoms with E-state index in [9.17, 15) is 4.79 Å². The quantitative estimate of drug-likeness (QED) is 0.755. The van der Waals surface area contributed by atoms with Crippen molar-refractivity contribution < 1.29 is 4.79 Å². The molecule has 1 N–H and O–H groups in total. The summed E-state index contributed by atoms with van der Waals surface area (Å²) < 4.78 is 0. The lowest BCUT2D eigenvalue weighted by Gasteiger charge is -2.03. The van der Waals surface area contributed by atoms with Crippen molar-refractivity contribution in [2.75, 3.05) is 0 Å². The predicted molar refractivity (Wildman–Crippen MR) is 98.4 cm³/mol. The van der Waals surface area contributed by atoms with Gasteiger partial charge in [-0.1, -0.05) is 48.0 Å². The van der Waals surface area contributed by atoms with E-state index < -0.39 is 0 Å². The van der Waals surface area contributed by atoms with Crippen molar-refractivity contribution in [1.29, 1.82) is 0 Å². The van der Waals surface area contributed by atoms with Crippen molar-refractivity contribution in [3.8, 4) is 0 Å². The molecule has 1 amide bonds. The molecule has 0 saturated carbocycles. The van der Waals surface area contributed by atoms with Gasteiger partial charge in [-0.05, 0) is 31.5 Å². The maximum absolute atomic E-state index is 12.2. The van der Waals surface area contributed by atoms with Crippen LogP contribution in [-0.2, 0) is 13.0 Å². The summed E-state index contributed by atoms with van der Waals surface area (Å²) in [7, 11) is 0. The third kappa shape index (κ3) is 4.09. The van der Waals surface area contributed by atoms with Crippen LogP contribution in [0.25, 0.3) is 0 Å². The van der Waals surface area contributed by atoms with Crippen LogP contribution in [0.5, 0.6) is 0 Å². The molecule has 4 heteroatoms. The summed E-state index contributed by atoms with van der Waals surface area (Å²) in [6.07, 6.45) is 0.885. The third-order valence-corrected chi connectivity index (χ3v) is 5.02. The molecular weight excluding hydrogens is 316 g/mol. The zero-order valence-corrected chi connectivity index (χ0v) is 14.7. The molecule has 3 nitrogen and oxygen atoms in total. The maximum atomic E-state index is 12.2. The second kappa shape index (κ2) is 7.41. The Bertz CT molecular complexity index is 823. The second-order valence-electron chi connectivity index (χ2n) is 5.83. The highest BCUT2D eigenvalue weighted by Crippen LogP contribution is 2.21. The standard InChI is InChI=1S/C20H20N2OS/c1-14-8-10-17(11-9-14)20(23)21-13-19-22-15(2)18(24-19)12-16-6-4-3-5-7-16/h3-11H,12-13H2,1-2H3,(H,21,23). The van der Waals surface area contributed by atoms with E-state index in [1.54, 1.807) is 11.3 Å². The van der Waals surface area contributed by atoms with Gasteiger partial charge in [0.2, 0.25) is 0 Å². The number of hydrogen-bond donors (Lipinski definition) is 1. The van der Waals surface area contributed by atoms with Crippen LogP contribution in [0.3, 0.4) is 0 Å². The fourth-order valence-corrected chi connectivity index (χ4v) is 3.52. The molecular formula is C20H20N2OS. The minimum atomic E-state index is -0.0625. The second-order valence-corrected chi connectivity index (χ2v) is 7.00. The molecule has 0 spiro atoms. The zero-order chi connectivity index (χ0) is 16.9. The van der Waals surface area contributed by atoms with Gasteiger partial charge >= 0.3 is 0 Å². The lowest BCUT2D eigenvalue weighted by molar-refractivity contribution is 0.0951. The van der Waals surface area contributed by atoms with Gasteiger partial charge in [-0.15, -0.1) is 11.3 Å². The molecule has 1 aromatic heterocycles. The van der Waals surface area contributed by atoms with E-state index in [1.165, 1.54) is 10.4 Å². The Labute approximate surface area is 146 Å². The summed E-state index contributed by atoms with van der Waals surface area (Å²) in [6.45, 7) is 4.50. The van der Waals surface area contributed by atoms with E-state index in [-0.39, 0.29) is 5.91 Å². The number of aromatic nitrogens is 1. The molecule has 2 aromatic carbocycles. The molecule has 0 aliphatic rings. The van der Waals surface area contributed by atoms with E-state index in [1.807, 2.05) is 44.2 Å². The first-order valence-electron chi connectivity index (χ1n) is 7.96. The average molecular weight is 336 g/mol. The number of amides is 1. The van der Waals surface area contributed by atoms with Gasteiger partial charge in [0, 0.05) is 16.9 Å². The minimum Gasteiger partial charge on any atom is -0.346 e. The third-order valence-electron chi connectivity index (χ3n) is 3.86. The van der Waals surface area contributed by atoms with Crippen LogP contribution in [0.2, 0.25) is 0 Å². The van der Waals surface area contributed by atoms with Gasteiger partial charge in [0.1, 0.15) is 5.01 Å². The fourth-order valence-electron chi connectivity index (χ4n) is 2.47. The Morgan fingerprint density at radius 3 is 2.46 bits per heavy atom. The molecule has 0 fully saturated rings. The highest BCUT2D eigenvalue weighted by atomic mass is 32.1. The molecule has 0 atom stereocenters. The summed E-state index contributed by atoms with van der Waals surface area (Å²) in [5.41, 5.74) is 4.15. The van der Waals surface area contributed by atoms with Crippen LogP contribution < -0.4 is 5.32 Å². The van der Waals surface area contributed by atoms with E-state index in [0.717, 1.165) is 22.7 Å². The number of thiazole rings is 1. The van der Waals surface area contributed by atoms with E-state index in [2.05, 4.69) is 34.6 Å². The topological polar surface area (TPSA) is 42.0 Å². The fraction of sp³-hybridized carbons (Fsp3) is 0.200. The van der Waals surface area contributed by atoms with E-state index in [4.69, 9.17) is 0 Å². The Hall–Kier alpha value is -2.46. The Morgan fingerprint density at radius 2 is 1.75 bits per heavy atom. The SMILES string of the molecule is Cc1ccc(C(=O)NCc2nc(C)c(Cc3ccccc3)s2)cc1. The number of nitrogens with one attached hydrogen (secondary N) is 1. The molecule has 3 aromatic rings. The molecule has 0 unspecified atom stereocenters. The van der Waals surface area contributed by atoms with Gasteiger partial charge in [0.05, 0.1) is 12.2 Å². The number of carbonyl (C=O) groups is 1. The highest BCUT2D eigenvalue weighted by molar-refractivity contribution is 7.11. The van der Waals surface area contributed by atoms with Gasteiger partial charge in [-0.2, -0.15) is 0 Å². The first kappa shape index (κ1) is 16.4. The summed E-state index contributed by atoms with van der Waals surface area (Å²) in [5.74, 6) is -0.0625. The number of benzene rings is 2. The van der Waals surface area contributed by atoms with Gasteiger partial charge in [0.15, 0.2) is 0 Å². The molecule has 122 valence electrons. The van der Waals surface area contributed by atoms with Gasteiger partial charge in [-0.25, -0.2) is 4.98 Å². The summed E-state index contributed by atoms with van der Waals surface area (Å²) in [6, 6.07) is 18.0. The number of nitrogens with zero attached hydrogens (tertiary/aromatic N) is 1. The normalized spacial score (nSPS) is 10.6. The largest absolute Gasteiger partial charge is 0.346 e. The van der Waals surface area contributed by atoms with Crippen LogP contribution in [0.1, 0.15) is 37.1 Å². The predicted octanol–water partition coefficient (Wildman–Crippen LogP) is 4.28. The first-order chi connectivity index (χ1) is 11.6. The van der Waals surface area contributed by atoms with Crippen LogP contribution >= 0.6 is 11.3 Å². The number of carbonyl (C=O) groups excluding carboxylic acids is 1. The van der Waals surface area contributed by atoms with Crippen molar-refractivity contribution in [3.05, 3.63) is 86.9 Å². The van der Waals surface area contributed by atoms with Crippen LogP contribution in [-0.4, -0.2) is 10.9 Å². The molecule has 0 bridgehead atoms. The van der Waals surface area contributed by atoms with Crippen LogP contribution in [0, 0.1) is 13.8 Å². The Balaban J connectivity index is 1.63. The molecule has 3 rings (SSSR count). The molecule has 0 saturated heterocycles. The van der Waals surface area contributed by atoms with Crippen molar-refractivity contribution in [3.63, 3.8) is 0 Å². The molecule has 0 aliphatic carbocycles. The molecule has 0 radical (unpaired) electrons. The first-order valence-corrected chi connectivity index (χ1v) is 8.77. The number of hydrogen-bond acceptors (Lipinski definition) is 3. The average Bonchev–Trinajstić information content (AvgIpc) is 2.94. The minimum absolute atomic E-state index is 0.0625. The molecule has 24 heavy (non-hydrogen) atoms. The Morgan fingerprint density at radius 1 is 1.04 bits per heavy atom. The van der Waals surface area contributed by atoms with Crippen molar-refractivity contribution in [1.82, 2.24) is 10.3 Å². The van der Waals surface area contributed by atoms with Crippen molar-refractivity contribution in [2.45, 2.75) is 26.8 Å². The van der Waals surface area contributed by atoms with Crippen LogP contribution in [0.4, 0.5) is 0 Å². The van der Waals surface area contributed by atoms with Crippen LogP contribution in [0.15, 0.2) is 54.6 Å². The zero-order valence-electron chi connectivity index (χ0n) is 13.9. The van der Waals surface area contributed by atoms with Crippen molar-refractivity contribution in [2.24, 2.45) is 0 Å². The van der Waals surface area contributed by atoms with Gasteiger partial charge in [-0.3, -0.25) is 4.79 Å². The van der Waals surface area contributed by atoms with E-state index >= 15 is 0 Å². The van der Waals surface area contributed by atoms with Gasteiger partial charge < -0.3 is 5.32 Å². The summed E-state index contributed by atoms with van der Waals surface area (Å²) >= 11 is 1.67. The molecule has 1 heterocycles. The smallest absolute Gasteiger partial charge is 0.251 e.